The second-order valence-corrected chi connectivity index (χ2v) is 7.28. The molecule has 1 aliphatic heterocycles. The Labute approximate surface area is 182 Å². The van der Waals surface area contributed by atoms with E-state index in [-0.39, 0.29) is 28.3 Å². The van der Waals surface area contributed by atoms with E-state index < -0.39 is 22.8 Å². The van der Waals surface area contributed by atoms with E-state index in [1.807, 2.05) is 19.9 Å². The summed E-state index contributed by atoms with van der Waals surface area (Å²) in [5.41, 5.74) is 1.86. The molecule has 1 aromatic heterocycles. The number of nitro benzene ring substituents is 1. The number of barbiturate groups is 1. The zero-order valence-electron chi connectivity index (χ0n) is 17.1. The third-order valence-corrected chi connectivity index (χ3v) is 4.85. The molecule has 32 heavy (non-hydrogen) atoms. The van der Waals surface area contributed by atoms with Crippen molar-refractivity contribution >= 4 is 35.3 Å². The molecule has 0 atom stereocenters. The van der Waals surface area contributed by atoms with Gasteiger partial charge in [-0.05, 0) is 61.4 Å². The summed E-state index contributed by atoms with van der Waals surface area (Å²) >= 11 is 0. The van der Waals surface area contributed by atoms with E-state index in [4.69, 9.17) is 4.42 Å². The van der Waals surface area contributed by atoms with Crippen LogP contribution in [0, 0.1) is 24.0 Å². The maximum absolute atomic E-state index is 13.0. The highest BCUT2D eigenvalue weighted by Crippen LogP contribution is 2.32. The number of anilines is 1. The van der Waals surface area contributed by atoms with Crippen LogP contribution in [0.2, 0.25) is 0 Å². The topological polar surface area (TPSA) is 123 Å². The van der Waals surface area contributed by atoms with E-state index in [2.05, 4.69) is 5.32 Å². The van der Waals surface area contributed by atoms with E-state index in [0.717, 1.165) is 16.0 Å². The number of carbonyl (C=O) groups excluding carboxylic acids is 3. The van der Waals surface area contributed by atoms with Gasteiger partial charge in [0.2, 0.25) is 0 Å². The third kappa shape index (κ3) is 3.79. The number of carbonyl (C=O) groups is 3. The Morgan fingerprint density at radius 2 is 1.69 bits per heavy atom. The van der Waals surface area contributed by atoms with Gasteiger partial charge in [-0.15, -0.1) is 0 Å². The van der Waals surface area contributed by atoms with Gasteiger partial charge in [0.25, 0.3) is 17.5 Å². The third-order valence-electron chi connectivity index (χ3n) is 4.85. The Morgan fingerprint density at radius 1 is 1.00 bits per heavy atom. The lowest BCUT2D eigenvalue weighted by atomic mass is 10.1. The van der Waals surface area contributed by atoms with Crippen molar-refractivity contribution in [1.82, 2.24) is 5.32 Å². The average Bonchev–Trinajstić information content (AvgIpc) is 3.19. The number of nitrogens with zero attached hydrogens (tertiary/aromatic N) is 2. The van der Waals surface area contributed by atoms with Crippen LogP contribution in [-0.4, -0.2) is 22.8 Å². The molecule has 9 nitrogen and oxygen atoms in total. The van der Waals surface area contributed by atoms with E-state index in [0.29, 0.717) is 5.69 Å². The van der Waals surface area contributed by atoms with Gasteiger partial charge in [0.15, 0.2) is 0 Å². The van der Waals surface area contributed by atoms with Crippen LogP contribution in [-0.2, 0) is 9.59 Å². The molecule has 9 heteroatoms. The molecule has 0 aliphatic carbocycles. The molecule has 1 fully saturated rings. The summed E-state index contributed by atoms with van der Waals surface area (Å²) in [6.45, 7) is 3.66. The molecule has 3 aromatic rings. The van der Waals surface area contributed by atoms with Gasteiger partial charge in [-0.25, -0.2) is 9.69 Å². The van der Waals surface area contributed by atoms with Gasteiger partial charge in [-0.1, -0.05) is 18.2 Å². The van der Waals surface area contributed by atoms with Crippen molar-refractivity contribution in [3.8, 4) is 11.3 Å². The summed E-state index contributed by atoms with van der Waals surface area (Å²) in [7, 11) is 0. The molecular formula is C23H17N3O6. The van der Waals surface area contributed by atoms with Gasteiger partial charge in [-0.2, -0.15) is 0 Å². The minimum absolute atomic E-state index is 0.131. The summed E-state index contributed by atoms with van der Waals surface area (Å²) in [4.78, 5) is 49.4. The molecule has 4 rings (SSSR count). The summed E-state index contributed by atoms with van der Waals surface area (Å²) in [6.07, 6.45) is 1.21. The molecule has 0 radical (unpaired) electrons. The molecule has 0 spiro atoms. The number of hydrogen-bond acceptors (Lipinski definition) is 6. The normalized spacial score (nSPS) is 15.2. The number of benzene rings is 2. The van der Waals surface area contributed by atoms with Crippen LogP contribution in [0.25, 0.3) is 17.4 Å². The molecule has 0 saturated carbocycles. The zero-order valence-corrected chi connectivity index (χ0v) is 17.1. The van der Waals surface area contributed by atoms with Crippen LogP contribution >= 0.6 is 0 Å². The molecular weight excluding hydrogens is 414 g/mol. The highest BCUT2D eigenvalue weighted by atomic mass is 16.6. The van der Waals surface area contributed by atoms with E-state index >= 15 is 0 Å². The summed E-state index contributed by atoms with van der Waals surface area (Å²) < 4.78 is 5.65. The van der Waals surface area contributed by atoms with E-state index in [1.54, 1.807) is 18.2 Å². The number of urea groups is 1. The molecule has 160 valence electrons. The molecule has 2 aromatic carbocycles. The standard InChI is InChI=1S/C23H17N3O6/c1-13-9-14(2)11-15(10-13)25-22(28)18(21(27)24-23(25)29)12-16-7-8-20(32-16)17-5-3-4-6-19(17)26(30)31/h3-12H,1-2H3,(H,24,27,29)/b18-12-. The molecule has 2 heterocycles. The van der Waals surface area contributed by atoms with Gasteiger partial charge in [0.05, 0.1) is 16.2 Å². The van der Waals surface area contributed by atoms with Crippen LogP contribution in [0.15, 0.2) is 64.6 Å². The second-order valence-electron chi connectivity index (χ2n) is 7.28. The van der Waals surface area contributed by atoms with Crippen molar-refractivity contribution in [2.24, 2.45) is 0 Å². The monoisotopic (exact) mass is 431 g/mol. The number of nitrogens with one attached hydrogen (secondary N) is 1. The van der Waals surface area contributed by atoms with Crippen LogP contribution in [0.1, 0.15) is 16.9 Å². The fourth-order valence-electron chi connectivity index (χ4n) is 3.53. The maximum Gasteiger partial charge on any atom is 0.335 e. The lowest BCUT2D eigenvalue weighted by Gasteiger charge is -2.26. The predicted molar refractivity (Wildman–Crippen MR) is 116 cm³/mol. The molecule has 0 bridgehead atoms. The number of hydrogen-bond donors (Lipinski definition) is 1. The number of para-hydroxylation sites is 1. The van der Waals surface area contributed by atoms with Crippen LogP contribution in [0.3, 0.4) is 0 Å². The summed E-state index contributed by atoms with van der Waals surface area (Å²) in [6, 6.07) is 13.4. The molecule has 0 unspecified atom stereocenters. The fraction of sp³-hybridized carbons (Fsp3) is 0.0870. The fourth-order valence-corrected chi connectivity index (χ4v) is 3.53. The Bertz CT molecular complexity index is 1300. The highest BCUT2D eigenvalue weighted by Gasteiger charge is 2.37. The van der Waals surface area contributed by atoms with Gasteiger partial charge in [-0.3, -0.25) is 25.0 Å². The first-order chi connectivity index (χ1) is 15.2. The lowest BCUT2D eigenvalue weighted by Crippen LogP contribution is -2.54. The smallest absolute Gasteiger partial charge is 0.335 e. The second kappa shape index (κ2) is 7.95. The van der Waals surface area contributed by atoms with Crippen molar-refractivity contribution in [2.75, 3.05) is 4.90 Å². The number of furan rings is 1. The first-order valence-electron chi connectivity index (χ1n) is 9.58. The average molecular weight is 431 g/mol. The van der Waals surface area contributed by atoms with Crippen LogP contribution in [0.5, 0.6) is 0 Å². The minimum atomic E-state index is -0.857. The zero-order chi connectivity index (χ0) is 23.0. The van der Waals surface area contributed by atoms with Gasteiger partial charge >= 0.3 is 6.03 Å². The molecule has 1 N–H and O–H groups in total. The molecule has 1 saturated heterocycles. The van der Waals surface area contributed by atoms with Gasteiger partial charge in [0, 0.05) is 6.07 Å². The van der Waals surface area contributed by atoms with Crippen LogP contribution in [0.4, 0.5) is 16.2 Å². The SMILES string of the molecule is Cc1cc(C)cc(N2C(=O)NC(=O)/C(=C/c3ccc(-c4ccccc4[N+](=O)[O-])o3)C2=O)c1. The van der Waals surface area contributed by atoms with Crippen molar-refractivity contribution in [3.05, 3.63) is 87.2 Å². The Balaban J connectivity index is 1.71. The van der Waals surface area contributed by atoms with Crippen LogP contribution < -0.4 is 10.2 Å². The molecule has 1 aliphatic rings. The predicted octanol–water partition coefficient (Wildman–Crippen LogP) is 4.14. The van der Waals surface area contributed by atoms with E-state index in [1.165, 1.54) is 36.4 Å². The van der Waals surface area contributed by atoms with E-state index in [9.17, 15) is 24.5 Å². The number of amides is 4. The number of imide groups is 2. The number of aryl methyl sites for hydroxylation is 2. The van der Waals surface area contributed by atoms with Gasteiger partial charge in [0.1, 0.15) is 17.1 Å². The minimum Gasteiger partial charge on any atom is -0.456 e. The Hall–Kier alpha value is -4.53. The Kier molecular flexibility index (Phi) is 5.15. The number of rotatable bonds is 4. The first-order valence-corrected chi connectivity index (χ1v) is 9.58. The van der Waals surface area contributed by atoms with Crippen molar-refractivity contribution in [3.63, 3.8) is 0 Å². The molecule has 4 amide bonds. The van der Waals surface area contributed by atoms with Crippen molar-refractivity contribution in [2.45, 2.75) is 13.8 Å². The lowest BCUT2D eigenvalue weighted by molar-refractivity contribution is -0.384. The first kappa shape index (κ1) is 20.7. The summed E-state index contributed by atoms with van der Waals surface area (Å²) in [5, 5.41) is 13.4. The van der Waals surface area contributed by atoms with Crippen molar-refractivity contribution < 1.29 is 23.7 Å². The Morgan fingerprint density at radius 3 is 2.38 bits per heavy atom. The summed E-state index contributed by atoms with van der Waals surface area (Å²) in [5.74, 6) is -1.32. The van der Waals surface area contributed by atoms with Crippen molar-refractivity contribution in [1.29, 1.82) is 0 Å². The highest BCUT2D eigenvalue weighted by molar-refractivity contribution is 6.39. The largest absolute Gasteiger partial charge is 0.456 e. The van der Waals surface area contributed by atoms with Gasteiger partial charge < -0.3 is 4.42 Å². The number of nitro groups is 1. The maximum atomic E-state index is 13.0. The quantitative estimate of drug-likeness (QED) is 0.287.